The molecule has 0 aliphatic rings. The van der Waals surface area contributed by atoms with Gasteiger partial charge in [0.25, 0.3) is 5.91 Å². The van der Waals surface area contributed by atoms with E-state index in [1.807, 2.05) is 6.92 Å². The van der Waals surface area contributed by atoms with Gasteiger partial charge in [-0.1, -0.05) is 13.3 Å². The van der Waals surface area contributed by atoms with Gasteiger partial charge in [0, 0.05) is 12.7 Å². The number of rotatable bonds is 7. The van der Waals surface area contributed by atoms with Crippen molar-refractivity contribution in [2.75, 3.05) is 13.2 Å². The van der Waals surface area contributed by atoms with Gasteiger partial charge < -0.3 is 15.2 Å². The largest absolute Gasteiger partial charge is 0.481 e. The first-order valence-electron chi connectivity index (χ1n) is 5.73. The van der Waals surface area contributed by atoms with Gasteiger partial charge in [0.2, 0.25) is 0 Å². The first-order chi connectivity index (χ1) is 8.65. The molecular formula is C12H16N2O4. The zero-order valence-corrected chi connectivity index (χ0v) is 10.2. The van der Waals surface area contributed by atoms with Gasteiger partial charge >= 0.3 is 5.97 Å². The van der Waals surface area contributed by atoms with Crippen molar-refractivity contribution in [3.05, 3.63) is 24.0 Å². The number of amides is 1. The van der Waals surface area contributed by atoms with Gasteiger partial charge in [-0.2, -0.15) is 0 Å². The standard InChI is InChI=1S/C12H16N2O4/c1-2-3-6-13-10(15)8-18-9-5-4-7-14-11(9)12(16)17/h4-5,7H,2-3,6,8H2,1H3,(H,13,15)(H,16,17). The second-order valence-electron chi connectivity index (χ2n) is 3.65. The number of nitrogens with zero attached hydrogens (tertiary/aromatic N) is 1. The number of carboxylic acids is 1. The lowest BCUT2D eigenvalue weighted by Crippen LogP contribution is -2.29. The summed E-state index contributed by atoms with van der Waals surface area (Å²) in [6.45, 7) is 2.41. The molecule has 6 heteroatoms. The van der Waals surface area contributed by atoms with E-state index >= 15 is 0 Å². The Morgan fingerprint density at radius 2 is 2.28 bits per heavy atom. The summed E-state index contributed by atoms with van der Waals surface area (Å²) in [7, 11) is 0. The highest BCUT2D eigenvalue weighted by Gasteiger charge is 2.13. The van der Waals surface area contributed by atoms with Crippen molar-refractivity contribution >= 4 is 11.9 Å². The summed E-state index contributed by atoms with van der Waals surface area (Å²) in [4.78, 5) is 25.9. The molecule has 0 bridgehead atoms. The number of carboxylic acid groups (broad SMARTS) is 1. The van der Waals surface area contributed by atoms with Crippen molar-refractivity contribution in [1.82, 2.24) is 10.3 Å². The van der Waals surface area contributed by atoms with Gasteiger partial charge in [0.15, 0.2) is 18.1 Å². The normalized spacial score (nSPS) is 9.83. The maximum Gasteiger partial charge on any atom is 0.358 e. The van der Waals surface area contributed by atoms with Crippen LogP contribution in [0.1, 0.15) is 30.3 Å². The maximum atomic E-state index is 11.4. The lowest BCUT2D eigenvalue weighted by Gasteiger charge is -2.08. The van der Waals surface area contributed by atoms with Crippen LogP contribution < -0.4 is 10.1 Å². The van der Waals surface area contributed by atoms with Gasteiger partial charge in [0.1, 0.15) is 0 Å². The topological polar surface area (TPSA) is 88.5 Å². The molecule has 0 unspecified atom stereocenters. The van der Waals surface area contributed by atoms with Crippen LogP contribution in [0.3, 0.4) is 0 Å². The smallest absolute Gasteiger partial charge is 0.358 e. The van der Waals surface area contributed by atoms with Crippen LogP contribution in [0.15, 0.2) is 18.3 Å². The number of aromatic carboxylic acids is 1. The minimum Gasteiger partial charge on any atom is -0.481 e. The Balaban J connectivity index is 2.48. The third-order valence-electron chi connectivity index (χ3n) is 2.18. The van der Waals surface area contributed by atoms with E-state index in [4.69, 9.17) is 9.84 Å². The lowest BCUT2D eigenvalue weighted by molar-refractivity contribution is -0.123. The Morgan fingerprint density at radius 1 is 1.50 bits per heavy atom. The van der Waals surface area contributed by atoms with E-state index in [0.29, 0.717) is 6.54 Å². The molecule has 0 radical (unpaired) electrons. The molecule has 1 aromatic heterocycles. The Morgan fingerprint density at radius 3 is 2.94 bits per heavy atom. The maximum absolute atomic E-state index is 11.4. The molecule has 0 saturated carbocycles. The van der Waals surface area contributed by atoms with Crippen LogP contribution in [0.5, 0.6) is 5.75 Å². The molecule has 2 N–H and O–H groups in total. The van der Waals surface area contributed by atoms with Crippen molar-refractivity contribution in [1.29, 1.82) is 0 Å². The van der Waals surface area contributed by atoms with Crippen LogP contribution in [0.2, 0.25) is 0 Å². The Labute approximate surface area is 105 Å². The van der Waals surface area contributed by atoms with Crippen LogP contribution in [0.4, 0.5) is 0 Å². The highest BCUT2D eigenvalue weighted by Crippen LogP contribution is 2.14. The predicted octanol–water partition coefficient (Wildman–Crippen LogP) is 1.07. The zero-order chi connectivity index (χ0) is 13.4. The number of ether oxygens (including phenoxy) is 1. The third kappa shape index (κ3) is 4.40. The second kappa shape index (κ2) is 7.26. The van der Waals surface area contributed by atoms with Gasteiger partial charge in [-0.3, -0.25) is 4.79 Å². The summed E-state index contributed by atoms with van der Waals surface area (Å²) in [5, 5.41) is 11.5. The molecule has 6 nitrogen and oxygen atoms in total. The highest BCUT2D eigenvalue weighted by atomic mass is 16.5. The van der Waals surface area contributed by atoms with Crippen LogP contribution in [-0.4, -0.2) is 35.1 Å². The molecule has 1 aromatic rings. The minimum atomic E-state index is -1.18. The van der Waals surface area contributed by atoms with Crippen LogP contribution in [0, 0.1) is 0 Å². The highest BCUT2D eigenvalue weighted by molar-refractivity contribution is 5.88. The van der Waals surface area contributed by atoms with E-state index in [-0.39, 0.29) is 24.0 Å². The Bertz CT molecular complexity index is 420. The number of carbonyl (C=O) groups is 2. The van der Waals surface area contributed by atoms with Gasteiger partial charge in [-0.05, 0) is 18.6 Å². The summed E-state index contributed by atoms with van der Waals surface area (Å²) in [5.41, 5.74) is -0.196. The lowest BCUT2D eigenvalue weighted by atomic mass is 10.3. The summed E-state index contributed by atoms with van der Waals surface area (Å²) in [6.07, 6.45) is 3.25. The number of nitrogens with one attached hydrogen (secondary N) is 1. The van der Waals surface area contributed by atoms with E-state index in [2.05, 4.69) is 10.3 Å². The summed E-state index contributed by atoms with van der Waals surface area (Å²) in [5.74, 6) is -1.36. The Hall–Kier alpha value is -2.11. The second-order valence-corrected chi connectivity index (χ2v) is 3.65. The molecular weight excluding hydrogens is 236 g/mol. The molecule has 18 heavy (non-hydrogen) atoms. The number of carbonyl (C=O) groups excluding carboxylic acids is 1. The zero-order valence-electron chi connectivity index (χ0n) is 10.2. The molecule has 1 heterocycles. The molecule has 1 rings (SSSR count). The van der Waals surface area contributed by atoms with Crippen molar-refractivity contribution < 1.29 is 19.4 Å². The first-order valence-corrected chi connectivity index (χ1v) is 5.73. The predicted molar refractivity (Wildman–Crippen MR) is 64.6 cm³/mol. The number of hydrogen-bond donors (Lipinski definition) is 2. The SMILES string of the molecule is CCCCNC(=O)COc1cccnc1C(=O)O. The average Bonchev–Trinajstić information content (AvgIpc) is 2.37. The van der Waals surface area contributed by atoms with E-state index in [9.17, 15) is 9.59 Å². The molecule has 0 aliphatic heterocycles. The summed E-state index contributed by atoms with van der Waals surface area (Å²) < 4.78 is 5.14. The van der Waals surface area contributed by atoms with Crippen LogP contribution in [0.25, 0.3) is 0 Å². The van der Waals surface area contributed by atoms with E-state index in [0.717, 1.165) is 12.8 Å². The fourth-order valence-corrected chi connectivity index (χ4v) is 1.27. The summed E-state index contributed by atoms with van der Waals surface area (Å²) in [6, 6.07) is 3.02. The summed E-state index contributed by atoms with van der Waals surface area (Å²) >= 11 is 0. The fourth-order valence-electron chi connectivity index (χ4n) is 1.27. The molecule has 0 spiro atoms. The average molecular weight is 252 g/mol. The molecule has 0 aromatic carbocycles. The van der Waals surface area contributed by atoms with Crippen molar-refractivity contribution in [2.45, 2.75) is 19.8 Å². The van der Waals surface area contributed by atoms with Crippen LogP contribution in [-0.2, 0) is 4.79 Å². The minimum absolute atomic E-state index is 0.0932. The third-order valence-corrected chi connectivity index (χ3v) is 2.18. The van der Waals surface area contributed by atoms with Crippen molar-refractivity contribution in [3.8, 4) is 5.75 Å². The quantitative estimate of drug-likeness (QED) is 0.709. The molecule has 0 fully saturated rings. The van der Waals surface area contributed by atoms with E-state index in [1.54, 1.807) is 6.07 Å². The first kappa shape index (κ1) is 14.0. The van der Waals surface area contributed by atoms with Crippen molar-refractivity contribution in [2.24, 2.45) is 0 Å². The van der Waals surface area contributed by atoms with Gasteiger partial charge in [-0.15, -0.1) is 0 Å². The number of aromatic nitrogens is 1. The molecule has 98 valence electrons. The van der Waals surface area contributed by atoms with Gasteiger partial charge in [-0.25, -0.2) is 9.78 Å². The molecule has 0 saturated heterocycles. The number of hydrogen-bond acceptors (Lipinski definition) is 4. The van der Waals surface area contributed by atoms with Gasteiger partial charge in [0.05, 0.1) is 0 Å². The molecule has 0 aliphatic carbocycles. The van der Waals surface area contributed by atoms with Crippen molar-refractivity contribution in [3.63, 3.8) is 0 Å². The number of pyridine rings is 1. The molecule has 0 atom stereocenters. The van der Waals surface area contributed by atoms with E-state index in [1.165, 1.54) is 12.3 Å². The fraction of sp³-hybridized carbons (Fsp3) is 0.417. The van der Waals surface area contributed by atoms with Crippen LogP contribution >= 0.6 is 0 Å². The van der Waals surface area contributed by atoms with E-state index < -0.39 is 5.97 Å². The monoisotopic (exact) mass is 252 g/mol. The molecule has 1 amide bonds. The Kier molecular flexibility index (Phi) is 5.63. The number of unbranched alkanes of at least 4 members (excludes halogenated alkanes) is 1.